The Kier molecular flexibility index (Phi) is 4.66. The van der Waals surface area contributed by atoms with Crippen molar-refractivity contribution in [2.45, 2.75) is 6.54 Å². The number of benzene rings is 1. The Morgan fingerprint density at radius 1 is 1.21 bits per heavy atom. The first-order valence-electron chi connectivity index (χ1n) is 7.12. The van der Waals surface area contributed by atoms with Crippen LogP contribution in [0.25, 0.3) is 0 Å². The molecule has 8 heteroatoms. The van der Waals surface area contributed by atoms with Crippen LogP contribution in [0.1, 0.15) is 11.1 Å². The highest BCUT2D eigenvalue weighted by atomic mass is 16.7. The molecule has 3 rings (SSSR count). The fourth-order valence-electron chi connectivity index (χ4n) is 1.97. The quantitative estimate of drug-likeness (QED) is 0.486. The maximum absolute atomic E-state index is 11.7. The Hall–Kier alpha value is -3.42. The van der Waals surface area contributed by atoms with E-state index in [1.807, 2.05) is 0 Å². The Morgan fingerprint density at radius 2 is 2.08 bits per heavy atom. The highest BCUT2D eigenvalue weighted by Gasteiger charge is 2.13. The summed E-state index contributed by atoms with van der Waals surface area (Å²) < 4.78 is 10.4. The zero-order chi connectivity index (χ0) is 16.8. The average Bonchev–Trinajstić information content (AvgIpc) is 3.08. The molecule has 24 heavy (non-hydrogen) atoms. The largest absolute Gasteiger partial charge is 0.454 e. The van der Waals surface area contributed by atoms with Crippen LogP contribution in [0, 0.1) is 0 Å². The third-order valence-corrected chi connectivity index (χ3v) is 3.16. The Labute approximate surface area is 137 Å². The van der Waals surface area contributed by atoms with Crippen LogP contribution in [0.4, 0.5) is 0 Å². The molecule has 0 atom stereocenters. The van der Waals surface area contributed by atoms with Gasteiger partial charge in [-0.15, -0.1) is 0 Å². The van der Waals surface area contributed by atoms with Gasteiger partial charge in [0, 0.05) is 18.9 Å². The van der Waals surface area contributed by atoms with Crippen molar-refractivity contribution in [1.82, 2.24) is 15.7 Å². The van der Waals surface area contributed by atoms with E-state index in [4.69, 9.17) is 9.47 Å². The summed E-state index contributed by atoms with van der Waals surface area (Å²) in [6.45, 7) is 0.399. The molecule has 0 aliphatic carbocycles. The van der Waals surface area contributed by atoms with E-state index >= 15 is 0 Å². The number of amides is 2. The van der Waals surface area contributed by atoms with Gasteiger partial charge in [-0.25, -0.2) is 5.43 Å². The van der Waals surface area contributed by atoms with Crippen LogP contribution in [0.5, 0.6) is 11.5 Å². The number of aromatic nitrogens is 1. The van der Waals surface area contributed by atoms with Gasteiger partial charge < -0.3 is 14.8 Å². The van der Waals surface area contributed by atoms with E-state index in [-0.39, 0.29) is 13.3 Å². The number of hydrogen-bond acceptors (Lipinski definition) is 6. The highest BCUT2D eigenvalue weighted by molar-refractivity contribution is 6.35. The van der Waals surface area contributed by atoms with Gasteiger partial charge in [0.1, 0.15) is 0 Å². The zero-order valence-corrected chi connectivity index (χ0v) is 12.6. The summed E-state index contributed by atoms with van der Waals surface area (Å²) in [5.41, 5.74) is 3.66. The summed E-state index contributed by atoms with van der Waals surface area (Å²) in [5, 5.41) is 6.23. The molecule has 0 saturated carbocycles. The molecule has 2 aromatic rings. The molecule has 2 amide bonds. The summed E-state index contributed by atoms with van der Waals surface area (Å²) in [4.78, 5) is 27.2. The smallest absolute Gasteiger partial charge is 0.329 e. The first-order chi connectivity index (χ1) is 11.7. The van der Waals surface area contributed by atoms with Crippen molar-refractivity contribution in [3.05, 3.63) is 53.9 Å². The van der Waals surface area contributed by atoms with Gasteiger partial charge in [0.25, 0.3) is 0 Å². The molecule has 0 radical (unpaired) electrons. The van der Waals surface area contributed by atoms with Gasteiger partial charge in [-0.05, 0) is 35.4 Å². The molecule has 1 aromatic heterocycles. The second-order valence-electron chi connectivity index (χ2n) is 4.86. The number of nitrogens with zero attached hydrogens (tertiary/aromatic N) is 2. The van der Waals surface area contributed by atoms with Crippen LogP contribution >= 0.6 is 0 Å². The molecular weight excluding hydrogens is 312 g/mol. The summed E-state index contributed by atoms with van der Waals surface area (Å²) in [6.07, 6.45) is 4.65. The lowest BCUT2D eigenvalue weighted by atomic mass is 10.2. The van der Waals surface area contributed by atoms with Crippen molar-refractivity contribution >= 4 is 18.0 Å². The fourth-order valence-corrected chi connectivity index (χ4v) is 1.97. The third-order valence-electron chi connectivity index (χ3n) is 3.16. The van der Waals surface area contributed by atoms with Crippen molar-refractivity contribution in [3.63, 3.8) is 0 Å². The van der Waals surface area contributed by atoms with Gasteiger partial charge in [-0.2, -0.15) is 5.10 Å². The van der Waals surface area contributed by atoms with Gasteiger partial charge in [0.05, 0.1) is 6.21 Å². The van der Waals surface area contributed by atoms with E-state index in [1.165, 1.54) is 6.21 Å². The van der Waals surface area contributed by atoms with Crippen molar-refractivity contribution in [2.24, 2.45) is 5.10 Å². The first kappa shape index (κ1) is 15.5. The Balaban J connectivity index is 1.48. The maximum Gasteiger partial charge on any atom is 0.329 e. The lowest BCUT2D eigenvalue weighted by molar-refractivity contribution is -0.139. The van der Waals surface area contributed by atoms with Crippen molar-refractivity contribution in [1.29, 1.82) is 0 Å². The predicted molar refractivity (Wildman–Crippen MR) is 84.4 cm³/mol. The third kappa shape index (κ3) is 3.86. The average molecular weight is 326 g/mol. The minimum Gasteiger partial charge on any atom is -0.454 e. The summed E-state index contributed by atoms with van der Waals surface area (Å²) in [7, 11) is 0. The van der Waals surface area contributed by atoms with E-state index in [9.17, 15) is 9.59 Å². The second-order valence-corrected chi connectivity index (χ2v) is 4.86. The molecule has 0 saturated heterocycles. The second kappa shape index (κ2) is 7.23. The normalized spacial score (nSPS) is 12.2. The van der Waals surface area contributed by atoms with Gasteiger partial charge in [0.2, 0.25) is 6.79 Å². The number of fused-ring (bicyclic) bond motifs is 1. The molecule has 8 nitrogen and oxygen atoms in total. The van der Waals surface area contributed by atoms with E-state index < -0.39 is 11.8 Å². The minimum atomic E-state index is -0.851. The number of nitrogens with one attached hydrogen (secondary N) is 2. The molecular formula is C16H14N4O4. The van der Waals surface area contributed by atoms with Gasteiger partial charge in [-0.1, -0.05) is 6.07 Å². The molecule has 122 valence electrons. The number of ether oxygens (including phenoxy) is 2. The van der Waals surface area contributed by atoms with Crippen molar-refractivity contribution in [2.75, 3.05) is 6.79 Å². The molecule has 0 unspecified atom stereocenters. The monoisotopic (exact) mass is 326 g/mol. The number of hydrazone groups is 1. The molecule has 2 heterocycles. The van der Waals surface area contributed by atoms with Crippen LogP contribution in [-0.4, -0.2) is 29.8 Å². The number of pyridine rings is 1. The number of hydrogen-bond donors (Lipinski definition) is 2. The van der Waals surface area contributed by atoms with Crippen molar-refractivity contribution in [3.8, 4) is 11.5 Å². The SMILES string of the molecule is O=C(NCc1cccnc1)C(=O)N/N=C/c1ccc2c(c1)OCO2. The minimum absolute atomic E-state index is 0.184. The molecule has 1 aliphatic heterocycles. The van der Waals surface area contributed by atoms with E-state index in [2.05, 4.69) is 20.8 Å². The Bertz CT molecular complexity index is 777. The summed E-state index contributed by atoms with van der Waals surface area (Å²) >= 11 is 0. The maximum atomic E-state index is 11.7. The van der Waals surface area contributed by atoms with Crippen LogP contribution in [0.15, 0.2) is 47.8 Å². The molecule has 2 N–H and O–H groups in total. The van der Waals surface area contributed by atoms with Gasteiger partial charge in [0.15, 0.2) is 11.5 Å². The zero-order valence-electron chi connectivity index (χ0n) is 12.6. The van der Waals surface area contributed by atoms with Crippen molar-refractivity contribution < 1.29 is 19.1 Å². The standard InChI is InChI=1S/C16H14N4O4/c21-15(18-8-12-2-1-5-17-7-12)16(22)20-19-9-11-3-4-13-14(6-11)24-10-23-13/h1-7,9H,8,10H2,(H,18,21)(H,20,22)/b19-9+. The topological polar surface area (TPSA) is 102 Å². The van der Waals surface area contributed by atoms with Crippen LogP contribution in [0.3, 0.4) is 0 Å². The van der Waals surface area contributed by atoms with E-state index in [0.717, 1.165) is 5.56 Å². The lowest BCUT2D eigenvalue weighted by Gasteiger charge is -2.03. The van der Waals surface area contributed by atoms with Crippen LogP contribution < -0.4 is 20.2 Å². The lowest BCUT2D eigenvalue weighted by Crippen LogP contribution is -2.37. The number of carbonyl (C=O) groups excluding carboxylic acids is 2. The fraction of sp³-hybridized carbons (Fsp3) is 0.125. The summed E-state index contributed by atoms with van der Waals surface area (Å²) in [6, 6.07) is 8.76. The van der Waals surface area contributed by atoms with Gasteiger partial charge >= 0.3 is 11.8 Å². The molecule has 1 aliphatic rings. The number of rotatable bonds is 4. The highest BCUT2D eigenvalue weighted by Crippen LogP contribution is 2.31. The van der Waals surface area contributed by atoms with Gasteiger partial charge in [-0.3, -0.25) is 14.6 Å². The predicted octanol–water partition coefficient (Wildman–Crippen LogP) is 0.577. The van der Waals surface area contributed by atoms with Crippen LogP contribution in [0.2, 0.25) is 0 Å². The molecule has 0 spiro atoms. The molecule has 0 fully saturated rings. The van der Waals surface area contributed by atoms with Crippen LogP contribution in [-0.2, 0) is 16.1 Å². The van der Waals surface area contributed by atoms with E-state index in [1.54, 1.807) is 42.7 Å². The number of carbonyl (C=O) groups is 2. The molecule has 1 aromatic carbocycles. The summed E-state index contributed by atoms with van der Waals surface area (Å²) in [5.74, 6) is -0.358. The molecule has 0 bridgehead atoms. The first-order valence-corrected chi connectivity index (χ1v) is 7.12. The van der Waals surface area contributed by atoms with E-state index in [0.29, 0.717) is 17.1 Å². The Morgan fingerprint density at radius 3 is 2.92 bits per heavy atom.